The van der Waals surface area contributed by atoms with E-state index in [1.165, 1.54) is 32.0 Å². The van der Waals surface area contributed by atoms with Crippen LogP contribution in [0.5, 0.6) is 17.2 Å². The summed E-state index contributed by atoms with van der Waals surface area (Å²) in [6, 6.07) is 4.03. The maximum atomic E-state index is 12.1. The Morgan fingerprint density at radius 3 is 2.18 bits per heavy atom. The molecule has 0 aromatic heterocycles. The van der Waals surface area contributed by atoms with Gasteiger partial charge < -0.3 is 59.8 Å². The van der Waals surface area contributed by atoms with Crippen LogP contribution in [0.25, 0.3) is 10.8 Å². The van der Waals surface area contributed by atoms with Gasteiger partial charge in [0.15, 0.2) is 12.1 Å². The summed E-state index contributed by atoms with van der Waals surface area (Å²) in [6.45, 7) is 3.83. The summed E-state index contributed by atoms with van der Waals surface area (Å²) in [5.41, 5.74) is 0.422. The normalized spacial score (nSPS) is 35.8. The van der Waals surface area contributed by atoms with Crippen molar-refractivity contribution in [2.24, 2.45) is 0 Å². The van der Waals surface area contributed by atoms with Gasteiger partial charge in [-0.15, -0.1) is 0 Å². The molecule has 38 heavy (non-hydrogen) atoms. The number of hydrogen-bond acceptors (Lipinski definition) is 13. The van der Waals surface area contributed by atoms with E-state index in [2.05, 4.69) is 0 Å². The Hall–Kier alpha value is -2.59. The van der Waals surface area contributed by atoms with E-state index >= 15 is 0 Å². The van der Waals surface area contributed by atoms with Crippen molar-refractivity contribution in [3.05, 3.63) is 29.3 Å². The van der Waals surface area contributed by atoms with Crippen LogP contribution < -0.4 is 4.74 Å². The molecule has 13 heteroatoms. The predicted molar refractivity (Wildman–Crippen MR) is 128 cm³/mol. The fourth-order valence-corrected chi connectivity index (χ4v) is 4.74. The predicted octanol–water partition coefficient (Wildman–Crippen LogP) is -1.21. The highest BCUT2D eigenvalue weighted by molar-refractivity contribution is 6.08. The average molecular weight is 541 g/mol. The minimum atomic E-state index is -1.77. The van der Waals surface area contributed by atoms with Gasteiger partial charge in [-0.2, -0.15) is 0 Å². The summed E-state index contributed by atoms with van der Waals surface area (Å²) >= 11 is 0. The first-order chi connectivity index (χ1) is 17.8. The number of carbonyl (C=O) groups is 1. The summed E-state index contributed by atoms with van der Waals surface area (Å²) in [4.78, 5) is 12.1. The van der Waals surface area contributed by atoms with Gasteiger partial charge in [0.05, 0.1) is 23.7 Å². The average Bonchev–Trinajstić information content (AvgIpc) is 2.86. The van der Waals surface area contributed by atoms with Crippen LogP contribution in [0, 0.1) is 6.92 Å². The molecule has 2 aliphatic heterocycles. The van der Waals surface area contributed by atoms with Crippen LogP contribution in [0.4, 0.5) is 0 Å². The lowest BCUT2D eigenvalue weighted by atomic mass is 9.96. The number of aryl methyl sites for hydroxylation is 1. The minimum absolute atomic E-state index is 0.00682. The van der Waals surface area contributed by atoms with Crippen molar-refractivity contribution in [1.82, 2.24) is 0 Å². The van der Waals surface area contributed by atoms with Gasteiger partial charge in [0.1, 0.15) is 60.0 Å². The zero-order valence-electron chi connectivity index (χ0n) is 20.8. The lowest BCUT2D eigenvalue weighted by Gasteiger charge is -2.42. The van der Waals surface area contributed by atoms with Crippen LogP contribution in [-0.4, -0.2) is 115 Å². The number of aliphatic hydroxyl groups is 6. The zero-order valence-corrected chi connectivity index (χ0v) is 20.8. The number of fused-ring (bicyclic) bond motifs is 1. The summed E-state index contributed by atoms with van der Waals surface area (Å²) in [7, 11) is 0. The second kappa shape index (κ2) is 10.9. The van der Waals surface area contributed by atoms with Crippen LogP contribution in [0.3, 0.4) is 0 Å². The first kappa shape index (κ1) is 28.4. The summed E-state index contributed by atoms with van der Waals surface area (Å²) in [5.74, 6) is -1.19. The highest BCUT2D eigenvalue weighted by Crippen LogP contribution is 2.43. The number of carbonyl (C=O) groups excluding carboxylic acids is 1. The van der Waals surface area contributed by atoms with Gasteiger partial charge in [-0.1, -0.05) is 0 Å². The first-order valence-electron chi connectivity index (χ1n) is 12.0. The maximum Gasteiger partial charge on any atom is 0.229 e. The molecule has 0 amide bonds. The molecule has 0 bridgehead atoms. The van der Waals surface area contributed by atoms with Crippen LogP contribution in [-0.2, 0) is 14.2 Å². The van der Waals surface area contributed by atoms with E-state index in [4.69, 9.17) is 18.9 Å². The number of benzene rings is 2. The Balaban J connectivity index is 1.58. The number of rotatable bonds is 6. The number of phenols is 2. The first-order valence-corrected chi connectivity index (χ1v) is 12.0. The Kier molecular flexibility index (Phi) is 8.14. The SMILES string of the molecule is CC(=O)c1c(C)cc2c(O)ccc(O[C@@H]3O[C@H](CO[C@H]4O[C@H](C)[C@@H](O)[C@H](O)[C@@H]4O)[C@@H](O)[C@H](O)[C@H]3O)c2c1O. The molecule has 0 radical (unpaired) electrons. The third-order valence-corrected chi connectivity index (χ3v) is 6.91. The number of aliphatic hydroxyl groups excluding tert-OH is 6. The third kappa shape index (κ3) is 5.04. The van der Waals surface area contributed by atoms with Crippen LogP contribution in [0.1, 0.15) is 29.8 Å². The number of hydrogen-bond donors (Lipinski definition) is 8. The van der Waals surface area contributed by atoms with Crippen molar-refractivity contribution in [3.63, 3.8) is 0 Å². The number of phenolic OH excluding ortho intramolecular Hbond substituents is 2. The molecule has 10 atom stereocenters. The van der Waals surface area contributed by atoms with Crippen LogP contribution >= 0.6 is 0 Å². The van der Waals surface area contributed by atoms with Crippen molar-refractivity contribution >= 4 is 16.6 Å². The van der Waals surface area contributed by atoms with Gasteiger partial charge in [0.2, 0.25) is 6.29 Å². The van der Waals surface area contributed by atoms with E-state index in [-0.39, 0.29) is 27.8 Å². The molecule has 0 aliphatic carbocycles. The number of aromatic hydroxyl groups is 2. The monoisotopic (exact) mass is 540 g/mol. The van der Waals surface area contributed by atoms with E-state index in [1.807, 2.05) is 0 Å². The molecule has 210 valence electrons. The number of ether oxygens (including phenoxy) is 4. The van der Waals surface area contributed by atoms with Crippen LogP contribution in [0.2, 0.25) is 0 Å². The van der Waals surface area contributed by atoms with E-state index in [1.54, 1.807) is 6.92 Å². The highest BCUT2D eigenvalue weighted by Gasteiger charge is 2.47. The molecule has 2 aromatic rings. The van der Waals surface area contributed by atoms with Gasteiger partial charge in [0.25, 0.3) is 0 Å². The molecule has 2 fully saturated rings. The van der Waals surface area contributed by atoms with Crippen molar-refractivity contribution in [2.45, 2.75) is 82.2 Å². The molecular formula is C25H32O13. The summed E-state index contributed by atoms with van der Waals surface area (Å²) in [6.07, 6.45) is -14.9. The summed E-state index contributed by atoms with van der Waals surface area (Å²) in [5, 5.41) is 82.7. The second-order valence-electron chi connectivity index (χ2n) is 9.63. The number of ketones is 1. The third-order valence-electron chi connectivity index (χ3n) is 6.91. The molecule has 2 aromatic carbocycles. The van der Waals surface area contributed by atoms with E-state index in [0.29, 0.717) is 5.56 Å². The maximum absolute atomic E-state index is 12.1. The molecule has 2 saturated heterocycles. The van der Waals surface area contributed by atoms with Gasteiger partial charge in [-0.05, 0) is 44.5 Å². The standard InChI is InChI=1S/C25H32O13/c1-8-6-11-12(27)4-5-13(16(11)19(30)15(8)9(2)26)37-25-23(34)21(32)18(29)14(38-25)7-35-24-22(33)20(31)17(28)10(3)36-24/h4-6,10,14,17-18,20-25,27-34H,7H2,1-3H3/t10-,14-,17-,18-,20+,21+,22+,23-,24+,25-/m1/s1. The Morgan fingerprint density at radius 1 is 0.895 bits per heavy atom. The molecule has 4 rings (SSSR count). The molecule has 8 N–H and O–H groups in total. The smallest absolute Gasteiger partial charge is 0.229 e. The Morgan fingerprint density at radius 2 is 1.53 bits per heavy atom. The molecule has 0 saturated carbocycles. The molecule has 0 unspecified atom stereocenters. The topological polar surface area (TPSA) is 216 Å². The molecule has 2 aliphatic rings. The lowest BCUT2D eigenvalue weighted by molar-refractivity contribution is -0.318. The number of Topliss-reactive ketones (excluding diaryl/α,β-unsaturated/α-hetero) is 1. The fourth-order valence-electron chi connectivity index (χ4n) is 4.74. The van der Waals surface area contributed by atoms with Crippen LogP contribution in [0.15, 0.2) is 18.2 Å². The second-order valence-corrected chi connectivity index (χ2v) is 9.63. The fraction of sp³-hybridized carbons (Fsp3) is 0.560. The Labute approximate surface area is 217 Å². The van der Waals surface area contributed by atoms with Gasteiger partial charge >= 0.3 is 0 Å². The van der Waals surface area contributed by atoms with Gasteiger partial charge in [0, 0.05) is 5.39 Å². The van der Waals surface area contributed by atoms with Gasteiger partial charge in [-0.3, -0.25) is 4.79 Å². The van der Waals surface area contributed by atoms with E-state index in [0.717, 1.165) is 0 Å². The van der Waals surface area contributed by atoms with Crippen molar-refractivity contribution in [3.8, 4) is 17.2 Å². The minimum Gasteiger partial charge on any atom is -0.507 e. The molecular weight excluding hydrogens is 508 g/mol. The largest absolute Gasteiger partial charge is 0.507 e. The van der Waals surface area contributed by atoms with E-state index in [9.17, 15) is 45.6 Å². The summed E-state index contributed by atoms with van der Waals surface area (Å²) < 4.78 is 22.2. The lowest BCUT2D eigenvalue weighted by Crippen LogP contribution is -2.61. The van der Waals surface area contributed by atoms with Crippen molar-refractivity contribution in [2.75, 3.05) is 6.61 Å². The quantitative estimate of drug-likeness (QED) is 0.202. The van der Waals surface area contributed by atoms with Crippen molar-refractivity contribution in [1.29, 1.82) is 0 Å². The molecule has 0 spiro atoms. The molecule has 2 heterocycles. The van der Waals surface area contributed by atoms with Gasteiger partial charge in [-0.25, -0.2) is 0 Å². The highest BCUT2D eigenvalue weighted by atomic mass is 16.7. The Bertz CT molecular complexity index is 1190. The zero-order chi connectivity index (χ0) is 28.0. The van der Waals surface area contributed by atoms with E-state index < -0.39 is 79.6 Å². The van der Waals surface area contributed by atoms with Crippen molar-refractivity contribution < 1.29 is 64.6 Å². The molecule has 13 nitrogen and oxygen atoms in total.